The van der Waals surface area contributed by atoms with Gasteiger partial charge in [0.15, 0.2) is 6.10 Å². The average molecular weight is 855 g/mol. The van der Waals surface area contributed by atoms with E-state index in [-0.39, 0.29) is 32.7 Å². The molecule has 0 aliphatic heterocycles. The van der Waals surface area contributed by atoms with Crippen molar-refractivity contribution in [1.29, 1.82) is 0 Å². The molecule has 0 heterocycles. The molecule has 12 nitrogen and oxygen atoms in total. The van der Waals surface area contributed by atoms with Gasteiger partial charge in [-0.05, 0) is 12.8 Å². The topological polar surface area (TPSA) is 165 Å². The molecule has 350 valence electrons. The van der Waals surface area contributed by atoms with Crippen LogP contribution in [0.1, 0.15) is 194 Å². The maximum atomic E-state index is 12.3. The van der Waals surface area contributed by atoms with Gasteiger partial charge in [0, 0.05) is 12.8 Å². The van der Waals surface area contributed by atoms with E-state index in [1.165, 1.54) is 122 Å². The monoisotopic (exact) mass is 855 g/mol. The van der Waals surface area contributed by atoms with Gasteiger partial charge >= 0.3 is 11.9 Å². The van der Waals surface area contributed by atoms with Gasteiger partial charge in [-0.1, -0.05) is 168 Å². The molecule has 0 saturated heterocycles. The summed E-state index contributed by atoms with van der Waals surface area (Å²) in [7, 11) is 7.07. The fraction of sp³-hybridized carbons (Fsp3) is 0.956. The molecule has 13 heteroatoms. The predicted molar refractivity (Wildman–Crippen MR) is 235 cm³/mol. The van der Waals surface area contributed by atoms with E-state index >= 15 is 0 Å². The Morgan fingerprint density at radius 2 is 0.793 bits per heavy atom. The SMILES string of the molecule is CCCCCCCCCCCCCCCC(=O)OCC(COP(=O)([O-])[O-])OC(=O)CCCCCCCCCCCCCCC.C[N+](C)(C)CCO.C[N+](C)(C)CCO. The number of unbranched alkanes of at least 4 members (excludes halogenated alkanes) is 24. The van der Waals surface area contributed by atoms with Crippen molar-refractivity contribution >= 4 is 19.8 Å². The van der Waals surface area contributed by atoms with E-state index in [0.717, 1.165) is 54.2 Å². The van der Waals surface area contributed by atoms with Gasteiger partial charge in [0.05, 0.1) is 69.9 Å². The lowest BCUT2D eigenvalue weighted by Gasteiger charge is -2.30. The molecule has 0 saturated carbocycles. The molecule has 0 aliphatic rings. The number of esters is 2. The third kappa shape index (κ3) is 59.2. The molecule has 0 aromatic rings. The number of ether oxygens (including phenoxy) is 2. The Labute approximate surface area is 357 Å². The van der Waals surface area contributed by atoms with E-state index in [2.05, 4.69) is 60.7 Å². The highest BCUT2D eigenvalue weighted by molar-refractivity contribution is 7.43. The number of aliphatic hydroxyl groups excluding tert-OH is 2. The highest BCUT2D eigenvalue weighted by atomic mass is 31.2. The summed E-state index contributed by atoms with van der Waals surface area (Å²) in [6.07, 6.45) is 30.6. The zero-order chi connectivity index (χ0) is 44.4. The van der Waals surface area contributed by atoms with Crippen LogP contribution in [0.5, 0.6) is 0 Å². The normalized spacial score (nSPS) is 12.3. The summed E-state index contributed by atoms with van der Waals surface area (Å²) in [5, 5.41) is 16.8. The molecule has 0 aromatic carbocycles. The fourth-order valence-electron chi connectivity index (χ4n) is 5.97. The minimum atomic E-state index is -5.24. The minimum absolute atomic E-state index is 0.188. The van der Waals surface area contributed by atoms with Crippen molar-refractivity contribution in [2.75, 3.05) is 81.8 Å². The molecule has 2 N–H and O–H groups in total. The standard InChI is InChI=1S/C35H69O8P.2C5H14NO/c1-3-5-7-9-11-13-15-17-19-21-23-25-27-29-34(36)41-31-33(32-42-44(38,39)40)43-35(37)30-28-26-24-22-20-18-16-14-12-10-8-6-4-2;2*1-6(2,3)4-5-7/h33H,3-32H2,1-2H3,(H2,38,39,40);2*7H,4-5H2,1-3H3/q;2*+1/p-2. The molecule has 0 rings (SSSR count). The predicted octanol–water partition coefficient (Wildman–Crippen LogP) is 8.62. The first-order valence-electron chi connectivity index (χ1n) is 23.2. The van der Waals surface area contributed by atoms with E-state index in [4.69, 9.17) is 19.7 Å². The van der Waals surface area contributed by atoms with Gasteiger partial charge in [-0.2, -0.15) is 0 Å². The number of likely N-dealkylation sites (N-methyl/N-ethyl adjacent to an activating group) is 2. The van der Waals surface area contributed by atoms with Gasteiger partial charge in [-0.25, -0.2) is 0 Å². The van der Waals surface area contributed by atoms with E-state index in [9.17, 15) is 23.9 Å². The summed E-state index contributed by atoms with van der Waals surface area (Å²) in [6.45, 7) is 5.72. The highest BCUT2D eigenvalue weighted by Gasteiger charge is 2.18. The van der Waals surface area contributed by atoms with Crippen LogP contribution in [0.4, 0.5) is 0 Å². The third-order valence-corrected chi connectivity index (χ3v) is 10.1. The molecule has 0 amide bonds. The Balaban J connectivity index is -0.00000182. The van der Waals surface area contributed by atoms with Gasteiger partial charge in [-0.15, -0.1) is 0 Å². The van der Waals surface area contributed by atoms with Crippen molar-refractivity contribution < 1.29 is 57.1 Å². The molecule has 0 radical (unpaired) electrons. The third-order valence-electron chi connectivity index (χ3n) is 9.66. The van der Waals surface area contributed by atoms with Crippen LogP contribution in [0, 0.1) is 0 Å². The lowest BCUT2D eigenvalue weighted by Crippen LogP contribution is -2.36. The second kappa shape index (κ2) is 42.6. The Morgan fingerprint density at radius 3 is 1.05 bits per heavy atom. The summed E-state index contributed by atoms with van der Waals surface area (Å²) in [5.74, 6) is -0.945. The van der Waals surface area contributed by atoms with Crippen LogP contribution in [0.15, 0.2) is 0 Å². The zero-order valence-corrected chi connectivity index (χ0v) is 40.0. The fourth-order valence-corrected chi connectivity index (χ4v) is 6.32. The molecule has 1 atom stereocenters. The summed E-state index contributed by atoms with van der Waals surface area (Å²) in [6, 6.07) is 0. The number of nitrogens with zero attached hydrogens (tertiary/aromatic N) is 2. The summed E-state index contributed by atoms with van der Waals surface area (Å²) < 4.78 is 27.4. The Morgan fingerprint density at radius 1 is 0.500 bits per heavy atom. The van der Waals surface area contributed by atoms with E-state index < -0.39 is 32.5 Å². The molecular formula is C45H95N2O10P. The quantitative estimate of drug-likeness (QED) is 0.0266. The number of hydrogen-bond donors (Lipinski definition) is 2. The lowest BCUT2D eigenvalue weighted by molar-refractivity contribution is -0.870. The van der Waals surface area contributed by atoms with Crippen LogP contribution in [0.25, 0.3) is 0 Å². The largest absolute Gasteiger partial charge is 0.790 e. The molecule has 0 fully saturated rings. The number of phosphoric ester groups is 1. The number of phosphoric acid groups is 1. The number of carbonyl (C=O) groups is 2. The van der Waals surface area contributed by atoms with Crippen molar-refractivity contribution in [3.05, 3.63) is 0 Å². The molecule has 0 aromatic heterocycles. The van der Waals surface area contributed by atoms with Crippen LogP contribution >= 0.6 is 7.82 Å². The van der Waals surface area contributed by atoms with Gasteiger partial charge < -0.3 is 47.5 Å². The van der Waals surface area contributed by atoms with Crippen LogP contribution in [-0.4, -0.2) is 119 Å². The Hall–Kier alpha value is -1.11. The number of hydrogen-bond acceptors (Lipinski definition) is 10. The van der Waals surface area contributed by atoms with Gasteiger partial charge in [0.25, 0.3) is 0 Å². The zero-order valence-electron chi connectivity index (χ0n) is 39.1. The van der Waals surface area contributed by atoms with Crippen molar-refractivity contribution in [1.82, 2.24) is 0 Å². The highest BCUT2D eigenvalue weighted by Crippen LogP contribution is 2.25. The molecule has 0 spiro atoms. The first-order chi connectivity index (χ1) is 27.4. The maximum absolute atomic E-state index is 12.3. The van der Waals surface area contributed by atoms with E-state index in [0.29, 0.717) is 12.8 Å². The minimum Gasteiger partial charge on any atom is -0.790 e. The summed E-state index contributed by atoms with van der Waals surface area (Å²) in [5.41, 5.74) is 0. The average Bonchev–Trinajstić information content (AvgIpc) is 3.12. The summed E-state index contributed by atoms with van der Waals surface area (Å²) in [4.78, 5) is 46.3. The van der Waals surface area contributed by atoms with Gasteiger partial charge in [0.1, 0.15) is 19.7 Å². The Bertz CT molecular complexity index is 921. The number of carbonyl (C=O) groups excluding carboxylic acids is 2. The first kappa shape index (κ1) is 61.2. The maximum Gasteiger partial charge on any atom is 0.306 e. The van der Waals surface area contributed by atoms with Crippen LogP contribution < -0.4 is 9.79 Å². The molecule has 0 aliphatic carbocycles. The molecule has 58 heavy (non-hydrogen) atoms. The number of quaternary nitrogens is 2. The number of rotatable bonds is 38. The molecule has 1 unspecified atom stereocenters. The first-order valence-corrected chi connectivity index (χ1v) is 24.7. The van der Waals surface area contributed by atoms with Crippen LogP contribution in [-0.2, 0) is 28.2 Å². The van der Waals surface area contributed by atoms with Crippen molar-refractivity contribution in [2.45, 2.75) is 200 Å². The van der Waals surface area contributed by atoms with E-state index in [1.54, 1.807) is 0 Å². The van der Waals surface area contributed by atoms with Gasteiger partial charge in [0.2, 0.25) is 0 Å². The summed E-state index contributed by atoms with van der Waals surface area (Å²) >= 11 is 0. The lowest BCUT2D eigenvalue weighted by atomic mass is 10.0. The molecular weight excluding hydrogens is 759 g/mol. The second-order valence-corrected chi connectivity index (χ2v) is 19.2. The molecule has 0 bridgehead atoms. The van der Waals surface area contributed by atoms with Crippen molar-refractivity contribution in [3.8, 4) is 0 Å². The number of aliphatic hydroxyl groups is 2. The smallest absolute Gasteiger partial charge is 0.306 e. The van der Waals surface area contributed by atoms with Crippen molar-refractivity contribution in [2.24, 2.45) is 0 Å². The second-order valence-electron chi connectivity index (χ2n) is 18.0. The van der Waals surface area contributed by atoms with E-state index in [1.807, 2.05) is 0 Å². The van der Waals surface area contributed by atoms with Crippen LogP contribution in [0.2, 0.25) is 0 Å². The van der Waals surface area contributed by atoms with Crippen molar-refractivity contribution in [3.63, 3.8) is 0 Å². The Kier molecular flexibility index (Phi) is 44.9. The van der Waals surface area contributed by atoms with Crippen LogP contribution in [0.3, 0.4) is 0 Å². The van der Waals surface area contributed by atoms with Gasteiger partial charge in [-0.3, -0.25) is 9.59 Å².